The Morgan fingerprint density at radius 3 is 0.864 bits per heavy atom. The Morgan fingerprint density at radius 1 is 0.359 bits per heavy atom. The Bertz CT molecular complexity index is 3080. The summed E-state index contributed by atoms with van der Waals surface area (Å²) in [5.41, 5.74) is 11.3. The monoisotopic (exact) mass is 1450 g/mol. The van der Waals surface area contributed by atoms with Crippen LogP contribution >= 0.6 is 0 Å². The van der Waals surface area contributed by atoms with Crippen molar-refractivity contribution in [3.05, 3.63) is 66.8 Å². The number of hydrogen-bond donors (Lipinski definition) is 2. The van der Waals surface area contributed by atoms with Crippen molar-refractivity contribution in [2.24, 2.45) is 17.8 Å². The molecule has 2 N–H and O–H groups in total. The van der Waals surface area contributed by atoms with Gasteiger partial charge in [0.2, 0.25) is 0 Å². The first-order valence-electron chi connectivity index (χ1n) is 37.7. The van der Waals surface area contributed by atoms with E-state index in [1.807, 2.05) is 62.3 Å². The maximum absolute atomic E-state index is 12.5. The third kappa shape index (κ3) is 29.5. The molecule has 21 nitrogen and oxygen atoms in total. The van der Waals surface area contributed by atoms with Gasteiger partial charge in [-0.15, -0.1) is 0 Å². The molecule has 3 heterocycles. The van der Waals surface area contributed by atoms with E-state index in [0.717, 1.165) is 161 Å². The smallest absolute Gasteiger partial charge is 0.311 e. The molecule has 6 rings (SSSR count). The van der Waals surface area contributed by atoms with E-state index in [2.05, 4.69) is 62.3 Å². The predicted molar refractivity (Wildman–Crippen MR) is 396 cm³/mol. The number of ether oxygens (including phenoxy) is 13. The highest BCUT2D eigenvalue weighted by Gasteiger charge is 2.38. The quantitative estimate of drug-likeness (QED) is 0.0232. The number of methoxy groups -OCH3 is 1. The number of esters is 6. The summed E-state index contributed by atoms with van der Waals surface area (Å²) in [5, 5.41) is 17.3. The molecular formula is C82H128O21. The summed E-state index contributed by atoms with van der Waals surface area (Å²) >= 11 is 0. The lowest BCUT2D eigenvalue weighted by Crippen LogP contribution is -2.37. The molecular weight excluding hydrogens is 1320 g/mol. The van der Waals surface area contributed by atoms with Gasteiger partial charge >= 0.3 is 35.8 Å². The molecule has 582 valence electrons. The molecule has 3 aliphatic heterocycles. The van der Waals surface area contributed by atoms with Crippen LogP contribution in [0.4, 0.5) is 0 Å². The summed E-state index contributed by atoms with van der Waals surface area (Å²) < 4.78 is 72.2. The first-order valence-corrected chi connectivity index (χ1v) is 37.7. The molecule has 3 atom stereocenters. The molecule has 0 fully saturated rings. The van der Waals surface area contributed by atoms with E-state index in [9.17, 15) is 28.8 Å². The van der Waals surface area contributed by atoms with Crippen molar-refractivity contribution in [1.29, 1.82) is 0 Å². The molecule has 3 unspecified atom stereocenters. The molecule has 0 saturated heterocycles. The van der Waals surface area contributed by atoms with Crippen LogP contribution in [-0.4, -0.2) is 149 Å². The minimum atomic E-state index is -0.482. The molecule has 0 aromatic heterocycles. The minimum absolute atomic E-state index is 0.0310. The molecule has 0 saturated carbocycles. The van der Waals surface area contributed by atoms with Crippen molar-refractivity contribution < 1.29 is 101 Å². The number of aliphatic hydroxyl groups excluding tert-OH is 2. The molecule has 3 aliphatic rings. The minimum Gasteiger partial charge on any atom is -0.487 e. The summed E-state index contributed by atoms with van der Waals surface area (Å²) in [6.07, 6.45) is 15.3. The fourth-order valence-electron chi connectivity index (χ4n) is 13.0. The van der Waals surface area contributed by atoms with Gasteiger partial charge in [-0.1, -0.05) is 60.8 Å². The normalized spacial score (nSPS) is 17.2. The summed E-state index contributed by atoms with van der Waals surface area (Å²) in [6, 6.07) is 0. The Morgan fingerprint density at radius 2 is 0.612 bits per heavy atom. The zero-order valence-corrected chi connectivity index (χ0v) is 66.2. The number of rotatable bonds is 40. The summed E-state index contributed by atoms with van der Waals surface area (Å²) in [5.74, 6) is 3.81. The lowest BCUT2D eigenvalue weighted by molar-refractivity contribution is -0.148. The maximum Gasteiger partial charge on any atom is 0.311 e. The SMILES string of the molecule is COCCOCCOC(=O)CCC(=O)Oc1c(C)c(C)c2c(c1C)CCC(C)(CCCC(C)C)O2.Cc1c(C)c2c(c(C)c1OC(=O)CCC(=O)OCCOCCO)CCC(C)(CCCC(C)C)O2.Cc1c(C)c2c(c(C)c1OC(=O)CCC(=O)OCCOCCO)CCC(C)(CCCC(C)C)O2. The third-order valence-corrected chi connectivity index (χ3v) is 19.8. The number of fused-ring (bicyclic) bond motifs is 3. The summed E-state index contributed by atoms with van der Waals surface area (Å²) in [4.78, 5) is 73.1. The molecule has 0 amide bonds. The highest BCUT2D eigenvalue weighted by atomic mass is 16.6. The van der Waals surface area contributed by atoms with Crippen LogP contribution in [0.5, 0.6) is 34.5 Å². The average molecular weight is 1450 g/mol. The van der Waals surface area contributed by atoms with Crippen molar-refractivity contribution in [2.75, 3.05) is 86.4 Å². The second-order valence-electron chi connectivity index (χ2n) is 29.9. The van der Waals surface area contributed by atoms with Crippen molar-refractivity contribution in [3.63, 3.8) is 0 Å². The summed E-state index contributed by atoms with van der Waals surface area (Å²) in [6.45, 7) is 40.2. The summed E-state index contributed by atoms with van der Waals surface area (Å²) in [7, 11) is 1.59. The van der Waals surface area contributed by atoms with E-state index < -0.39 is 35.8 Å². The highest BCUT2D eigenvalue weighted by molar-refractivity contribution is 5.82. The second kappa shape index (κ2) is 44.6. The van der Waals surface area contributed by atoms with Gasteiger partial charge < -0.3 is 71.8 Å². The van der Waals surface area contributed by atoms with Crippen LogP contribution in [0.2, 0.25) is 0 Å². The van der Waals surface area contributed by atoms with Crippen LogP contribution in [-0.2, 0) is 81.2 Å². The van der Waals surface area contributed by atoms with Crippen LogP contribution in [0.3, 0.4) is 0 Å². The lowest BCUT2D eigenvalue weighted by atomic mass is 9.84. The first kappa shape index (κ1) is 89.0. The molecule has 0 bridgehead atoms. The van der Waals surface area contributed by atoms with Gasteiger partial charge in [-0.25, -0.2) is 0 Å². The Balaban J connectivity index is 0.000000327. The fourth-order valence-corrected chi connectivity index (χ4v) is 13.0. The molecule has 3 aromatic carbocycles. The van der Waals surface area contributed by atoms with Gasteiger partial charge in [0.25, 0.3) is 0 Å². The molecule has 0 spiro atoms. The van der Waals surface area contributed by atoms with E-state index in [-0.39, 0.29) is 115 Å². The van der Waals surface area contributed by atoms with E-state index in [4.69, 9.17) is 71.8 Å². The third-order valence-electron chi connectivity index (χ3n) is 19.8. The number of aliphatic hydroxyl groups is 2. The Hall–Kier alpha value is -6.36. The number of carbonyl (C=O) groups is 6. The average Bonchev–Trinajstić information content (AvgIpc) is 0.775. The molecule has 21 heteroatoms. The lowest BCUT2D eigenvalue weighted by Gasteiger charge is -2.38. The second-order valence-corrected chi connectivity index (χ2v) is 29.9. The van der Waals surface area contributed by atoms with Gasteiger partial charge in [-0.2, -0.15) is 0 Å². The Labute approximate surface area is 615 Å². The Kier molecular flexibility index (Phi) is 38.5. The number of carbonyl (C=O) groups excluding carboxylic acids is 6. The maximum atomic E-state index is 12.5. The van der Waals surface area contributed by atoms with E-state index >= 15 is 0 Å². The van der Waals surface area contributed by atoms with Crippen LogP contribution in [0.15, 0.2) is 0 Å². The standard InChI is InChI=1S/C28H44O7.2C27H42O7/c1-19(2)9-8-13-28(6)14-12-23-22(5)26(20(3)21(4)27(23)35-28)34-25(30)11-10-24(29)33-18-17-32-16-15-31-7;2*1-18(2)8-7-12-27(6)13-11-22-21(5)25(19(3)20(4)26(22)34-27)33-24(30)10-9-23(29)32-17-16-31-15-14-28/h19H,8-18H2,1-7H3;2*18,28H,7-17H2,1-6H3. The first-order chi connectivity index (χ1) is 48.7. The van der Waals surface area contributed by atoms with Gasteiger partial charge in [0.1, 0.15) is 71.1 Å². The van der Waals surface area contributed by atoms with Crippen LogP contribution < -0.4 is 28.4 Å². The van der Waals surface area contributed by atoms with Crippen LogP contribution in [0.25, 0.3) is 0 Å². The van der Waals surface area contributed by atoms with Gasteiger partial charge in [-0.05, 0) is 228 Å². The van der Waals surface area contributed by atoms with E-state index in [1.54, 1.807) is 7.11 Å². The van der Waals surface area contributed by atoms with Crippen molar-refractivity contribution in [3.8, 4) is 34.5 Å². The van der Waals surface area contributed by atoms with Crippen LogP contribution in [0, 0.1) is 80.1 Å². The van der Waals surface area contributed by atoms with E-state index in [0.29, 0.717) is 54.8 Å². The molecule has 0 aliphatic carbocycles. The van der Waals surface area contributed by atoms with E-state index in [1.165, 1.54) is 19.3 Å². The topological polar surface area (TPSA) is 263 Å². The largest absolute Gasteiger partial charge is 0.487 e. The fraction of sp³-hybridized carbons (Fsp3) is 0.707. The van der Waals surface area contributed by atoms with Gasteiger partial charge in [0, 0.05) is 23.8 Å². The van der Waals surface area contributed by atoms with Gasteiger partial charge in [-0.3, -0.25) is 28.8 Å². The van der Waals surface area contributed by atoms with Crippen molar-refractivity contribution in [1.82, 2.24) is 0 Å². The zero-order valence-electron chi connectivity index (χ0n) is 66.2. The molecule has 3 aromatic rings. The van der Waals surface area contributed by atoms with Crippen LogP contribution in [0.1, 0.15) is 245 Å². The van der Waals surface area contributed by atoms with Crippen molar-refractivity contribution >= 4 is 35.8 Å². The van der Waals surface area contributed by atoms with Crippen molar-refractivity contribution in [2.45, 2.75) is 276 Å². The molecule has 0 radical (unpaired) electrons. The van der Waals surface area contributed by atoms with Gasteiger partial charge in [0.05, 0.1) is 98.0 Å². The van der Waals surface area contributed by atoms with Gasteiger partial charge in [0.15, 0.2) is 0 Å². The highest BCUT2D eigenvalue weighted by Crippen LogP contribution is 2.48. The number of benzene rings is 3. The predicted octanol–water partition coefficient (Wildman–Crippen LogP) is 14.9. The zero-order chi connectivity index (χ0) is 76.6. The number of hydrogen-bond acceptors (Lipinski definition) is 21. The molecule has 103 heavy (non-hydrogen) atoms.